The average molecular weight is 415 g/mol. The monoisotopic (exact) mass is 414 g/mol. The molecule has 6 nitrogen and oxygen atoms in total. The molecule has 1 saturated heterocycles. The molecule has 2 aliphatic rings. The van der Waals surface area contributed by atoms with E-state index in [-0.39, 0.29) is 5.91 Å². The number of hydrogen-bond acceptors (Lipinski definition) is 3. The molecular formula is C24H38N4O2. The first-order valence-electron chi connectivity index (χ1n) is 11.7. The van der Waals surface area contributed by atoms with E-state index >= 15 is 0 Å². The molecule has 0 bridgehead atoms. The molecule has 166 valence electrons. The molecule has 2 fully saturated rings. The van der Waals surface area contributed by atoms with Crippen LogP contribution in [0.3, 0.4) is 0 Å². The standard InChI is InChI=1S/C24H38N4O2/c1-25-24(26-14-17-30-22-12-5-2-3-6-13-22)27-19-20-10-9-11-21(18-20)23(29)28-15-7-4-8-16-28/h9-11,18,22H,2-8,12-17,19H2,1H3,(H2,25,26,27). The van der Waals surface area contributed by atoms with Crippen LogP contribution in [-0.2, 0) is 11.3 Å². The minimum absolute atomic E-state index is 0.148. The highest BCUT2D eigenvalue weighted by molar-refractivity contribution is 5.94. The predicted octanol–water partition coefficient (Wildman–Crippen LogP) is 3.72. The second kappa shape index (κ2) is 12.6. The molecule has 30 heavy (non-hydrogen) atoms. The van der Waals surface area contributed by atoms with E-state index in [1.165, 1.54) is 44.9 Å². The quantitative estimate of drug-likeness (QED) is 0.309. The highest BCUT2D eigenvalue weighted by Crippen LogP contribution is 2.19. The van der Waals surface area contributed by atoms with E-state index in [4.69, 9.17) is 4.74 Å². The molecule has 1 aromatic rings. The van der Waals surface area contributed by atoms with Crippen LogP contribution in [0.25, 0.3) is 0 Å². The molecule has 0 unspecified atom stereocenters. The molecule has 1 saturated carbocycles. The van der Waals surface area contributed by atoms with Crippen LogP contribution >= 0.6 is 0 Å². The van der Waals surface area contributed by atoms with Crippen molar-refractivity contribution in [3.63, 3.8) is 0 Å². The highest BCUT2D eigenvalue weighted by atomic mass is 16.5. The van der Waals surface area contributed by atoms with Gasteiger partial charge in [-0.25, -0.2) is 0 Å². The first-order chi connectivity index (χ1) is 14.8. The van der Waals surface area contributed by atoms with Crippen molar-refractivity contribution in [2.24, 2.45) is 4.99 Å². The summed E-state index contributed by atoms with van der Waals surface area (Å²) >= 11 is 0. The van der Waals surface area contributed by atoms with Crippen molar-refractivity contribution < 1.29 is 9.53 Å². The average Bonchev–Trinajstić information content (AvgIpc) is 3.08. The molecule has 0 radical (unpaired) electrons. The second-order valence-electron chi connectivity index (χ2n) is 8.39. The van der Waals surface area contributed by atoms with Crippen molar-refractivity contribution in [2.75, 3.05) is 33.3 Å². The number of nitrogens with zero attached hydrogens (tertiary/aromatic N) is 2. The Morgan fingerprint density at radius 3 is 2.53 bits per heavy atom. The summed E-state index contributed by atoms with van der Waals surface area (Å²) in [5.74, 6) is 0.905. The van der Waals surface area contributed by atoms with E-state index in [2.05, 4.69) is 15.6 Å². The van der Waals surface area contributed by atoms with E-state index in [9.17, 15) is 4.79 Å². The molecule has 2 N–H and O–H groups in total. The number of piperidine rings is 1. The van der Waals surface area contributed by atoms with Gasteiger partial charge in [0.15, 0.2) is 5.96 Å². The van der Waals surface area contributed by atoms with Crippen molar-refractivity contribution in [3.05, 3.63) is 35.4 Å². The summed E-state index contributed by atoms with van der Waals surface area (Å²) in [6.07, 6.45) is 11.5. The number of amides is 1. The first-order valence-corrected chi connectivity index (χ1v) is 11.7. The van der Waals surface area contributed by atoms with Crippen molar-refractivity contribution in [2.45, 2.75) is 70.4 Å². The van der Waals surface area contributed by atoms with E-state index in [0.717, 1.165) is 49.6 Å². The van der Waals surface area contributed by atoms with Crippen molar-refractivity contribution in [1.29, 1.82) is 0 Å². The topological polar surface area (TPSA) is 66.0 Å². The molecule has 1 aromatic carbocycles. The van der Waals surface area contributed by atoms with Gasteiger partial charge in [0, 0.05) is 38.8 Å². The van der Waals surface area contributed by atoms with Gasteiger partial charge in [-0.15, -0.1) is 0 Å². The number of rotatable bonds is 7. The minimum atomic E-state index is 0.148. The Hall–Kier alpha value is -2.08. The van der Waals surface area contributed by atoms with Gasteiger partial charge in [-0.1, -0.05) is 37.8 Å². The van der Waals surface area contributed by atoms with Gasteiger partial charge in [0.1, 0.15) is 0 Å². The van der Waals surface area contributed by atoms with Crippen LogP contribution < -0.4 is 10.6 Å². The Morgan fingerprint density at radius 2 is 1.80 bits per heavy atom. The second-order valence-corrected chi connectivity index (χ2v) is 8.39. The van der Waals surface area contributed by atoms with Gasteiger partial charge in [0.2, 0.25) is 0 Å². The number of carbonyl (C=O) groups is 1. The molecule has 1 aliphatic carbocycles. The molecule has 3 rings (SSSR count). The lowest BCUT2D eigenvalue weighted by Gasteiger charge is -2.26. The minimum Gasteiger partial charge on any atom is -0.376 e. The fourth-order valence-electron chi connectivity index (χ4n) is 4.30. The van der Waals surface area contributed by atoms with E-state index in [1.807, 2.05) is 29.2 Å². The van der Waals surface area contributed by atoms with Gasteiger partial charge in [0.25, 0.3) is 5.91 Å². The molecule has 1 amide bonds. The maximum atomic E-state index is 12.7. The maximum Gasteiger partial charge on any atom is 0.253 e. The van der Waals surface area contributed by atoms with Crippen LogP contribution in [0.5, 0.6) is 0 Å². The molecule has 1 heterocycles. The molecular weight excluding hydrogens is 376 g/mol. The highest BCUT2D eigenvalue weighted by Gasteiger charge is 2.18. The Kier molecular flexibility index (Phi) is 9.48. The summed E-state index contributed by atoms with van der Waals surface area (Å²) in [6.45, 7) is 3.82. The number of carbonyl (C=O) groups excluding carboxylic acids is 1. The number of aliphatic imine (C=N–C) groups is 1. The summed E-state index contributed by atoms with van der Waals surface area (Å²) in [5, 5.41) is 6.66. The molecule has 0 atom stereocenters. The number of hydrogen-bond donors (Lipinski definition) is 2. The lowest BCUT2D eigenvalue weighted by Crippen LogP contribution is -2.39. The first kappa shape index (κ1) is 22.6. The van der Waals surface area contributed by atoms with E-state index in [0.29, 0.717) is 19.3 Å². The molecule has 6 heteroatoms. The van der Waals surface area contributed by atoms with Crippen LogP contribution in [-0.4, -0.2) is 56.2 Å². The summed E-state index contributed by atoms with van der Waals surface area (Å²) in [6, 6.07) is 7.91. The number of nitrogens with one attached hydrogen (secondary N) is 2. The lowest BCUT2D eigenvalue weighted by molar-refractivity contribution is 0.0468. The number of likely N-dealkylation sites (tertiary alicyclic amines) is 1. The maximum absolute atomic E-state index is 12.7. The fourth-order valence-corrected chi connectivity index (χ4v) is 4.30. The summed E-state index contributed by atoms with van der Waals surface area (Å²) in [4.78, 5) is 19.0. The molecule has 1 aliphatic heterocycles. The zero-order chi connectivity index (χ0) is 21.0. The van der Waals surface area contributed by atoms with Gasteiger partial charge in [-0.2, -0.15) is 0 Å². The summed E-state index contributed by atoms with van der Waals surface area (Å²) < 4.78 is 6.03. The number of guanidine groups is 1. The Bertz CT molecular complexity index is 678. The number of benzene rings is 1. The largest absolute Gasteiger partial charge is 0.376 e. The van der Waals surface area contributed by atoms with Crippen LogP contribution in [0.4, 0.5) is 0 Å². The van der Waals surface area contributed by atoms with Crippen molar-refractivity contribution >= 4 is 11.9 Å². The van der Waals surface area contributed by atoms with Gasteiger partial charge < -0.3 is 20.3 Å². The molecule has 0 spiro atoms. The fraction of sp³-hybridized carbons (Fsp3) is 0.667. The normalized spacial score (nSPS) is 18.7. The van der Waals surface area contributed by atoms with E-state index < -0.39 is 0 Å². The van der Waals surface area contributed by atoms with Crippen LogP contribution in [0.2, 0.25) is 0 Å². The zero-order valence-corrected chi connectivity index (χ0v) is 18.5. The third-order valence-electron chi connectivity index (χ3n) is 6.05. The van der Waals surface area contributed by atoms with Crippen molar-refractivity contribution in [3.8, 4) is 0 Å². The SMILES string of the molecule is CN=C(NCCOC1CCCCCC1)NCc1cccc(C(=O)N2CCCCC2)c1. The van der Waals surface area contributed by atoms with Crippen molar-refractivity contribution in [1.82, 2.24) is 15.5 Å². The third-order valence-corrected chi connectivity index (χ3v) is 6.05. The Balaban J connectivity index is 1.40. The summed E-state index contributed by atoms with van der Waals surface area (Å²) in [5.41, 5.74) is 1.85. The smallest absolute Gasteiger partial charge is 0.253 e. The van der Waals surface area contributed by atoms with Gasteiger partial charge >= 0.3 is 0 Å². The van der Waals surface area contributed by atoms with Crippen LogP contribution in [0, 0.1) is 0 Å². The third kappa shape index (κ3) is 7.31. The zero-order valence-electron chi connectivity index (χ0n) is 18.5. The lowest BCUT2D eigenvalue weighted by atomic mass is 10.1. The summed E-state index contributed by atoms with van der Waals surface area (Å²) in [7, 11) is 1.78. The number of ether oxygens (including phenoxy) is 1. The predicted molar refractivity (Wildman–Crippen MR) is 122 cm³/mol. The van der Waals surface area contributed by atoms with Crippen LogP contribution in [0.1, 0.15) is 73.7 Å². The van der Waals surface area contributed by atoms with Crippen LogP contribution in [0.15, 0.2) is 29.3 Å². The Labute approximate surface area is 181 Å². The molecule has 0 aromatic heterocycles. The Morgan fingerprint density at radius 1 is 1.07 bits per heavy atom. The van der Waals surface area contributed by atoms with Gasteiger partial charge in [-0.05, 0) is 49.8 Å². The van der Waals surface area contributed by atoms with Gasteiger partial charge in [-0.3, -0.25) is 9.79 Å². The van der Waals surface area contributed by atoms with E-state index in [1.54, 1.807) is 7.05 Å². The van der Waals surface area contributed by atoms with Gasteiger partial charge in [0.05, 0.1) is 12.7 Å².